The number of benzene rings is 4. The van der Waals surface area contributed by atoms with Gasteiger partial charge in [-0.2, -0.15) is 0 Å². The van der Waals surface area contributed by atoms with Crippen LogP contribution in [0.25, 0.3) is 40.3 Å². The molecule has 0 atom stereocenters. The minimum absolute atomic E-state index is 0.116. The van der Waals surface area contributed by atoms with Gasteiger partial charge < -0.3 is 0 Å². The van der Waals surface area contributed by atoms with Crippen molar-refractivity contribution in [2.24, 2.45) is 0 Å². The van der Waals surface area contributed by atoms with E-state index in [-0.39, 0.29) is 10.9 Å². The molecule has 14 heteroatoms. The van der Waals surface area contributed by atoms with Crippen LogP contribution in [-0.2, 0) is 11.2 Å². The third kappa shape index (κ3) is 12.0. The average molecular weight is 945 g/mol. The van der Waals surface area contributed by atoms with E-state index in [1.54, 1.807) is 22.7 Å². The molecular weight excluding hydrogens is 929 g/mol. The van der Waals surface area contributed by atoms with E-state index in [0.29, 0.717) is 0 Å². The minimum atomic E-state index is -1.33. The van der Waals surface area contributed by atoms with E-state index in [4.69, 9.17) is 65.1 Å². The molecule has 0 N–H and O–H groups in total. The molecule has 0 amide bonds. The first kappa shape index (κ1) is 37.5. The first-order valence-corrected chi connectivity index (χ1v) is 22.8. The molecule has 0 unspecified atom stereocenters. The fraction of sp³-hybridized carbons (Fsp3) is 0.0370. The fourth-order valence-electron chi connectivity index (χ4n) is 3.53. The first-order valence-electron chi connectivity index (χ1n) is 10.8. The average Bonchev–Trinajstić information content (AvgIpc) is 2.95. The third-order valence-electron chi connectivity index (χ3n) is 5.02. The van der Waals surface area contributed by atoms with E-state index >= 15 is 0 Å². The van der Waals surface area contributed by atoms with Gasteiger partial charge in [0.25, 0.3) is 0 Å². The summed E-state index contributed by atoms with van der Waals surface area (Å²) in [6.07, 6.45) is 0. The number of hydrogen-bond acceptors (Lipinski definition) is 4. The summed E-state index contributed by atoms with van der Waals surface area (Å²) < 4.78 is 4.39. The van der Waals surface area contributed by atoms with Crippen LogP contribution in [0, 0.1) is 0 Å². The van der Waals surface area contributed by atoms with Crippen LogP contribution < -0.4 is 10.9 Å². The van der Waals surface area contributed by atoms with Crippen molar-refractivity contribution in [3.05, 3.63) is 116 Å². The Morgan fingerprint density at radius 1 is 0.561 bits per heavy atom. The molecule has 0 radical (unpaired) electrons. The van der Waals surface area contributed by atoms with Crippen LogP contribution in [0.2, 0.25) is 0 Å². The van der Waals surface area contributed by atoms with Gasteiger partial charge in [0.05, 0.1) is 0 Å². The van der Waals surface area contributed by atoms with Crippen molar-refractivity contribution < 1.29 is 11.2 Å². The van der Waals surface area contributed by atoms with Crippen molar-refractivity contribution in [1.82, 2.24) is 0 Å². The maximum atomic E-state index is 12.2. The van der Waals surface area contributed by atoms with Crippen LogP contribution in [-0.4, -0.2) is 4.30 Å². The summed E-state index contributed by atoms with van der Waals surface area (Å²) in [5.41, 5.74) is 0.255. The molecule has 0 aliphatic carbocycles. The zero-order chi connectivity index (χ0) is 30.5. The number of fused-ring (bicyclic) bond motifs is 4. The second kappa shape index (κ2) is 19.7. The van der Waals surface area contributed by atoms with E-state index in [1.165, 1.54) is 0 Å². The Labute approximate surface area is 300 Å². The number of hydrogen-bond donors (Lipinski definition) is 0. The van der Waals surface area contributed by atoms with E-state index in [2.05, 4.69) is 44.2 Å². The second-order valence-corrected chi connectivity index (χ2v) is 17.9. The molecule has 0 spiro atoms. The van der Waals surface area contributed by atoms with Crippen LogP contribution in [0.15, 0.2) is 105 Å². The summed E-state index contributed by atoms with van der Waals surface area (Å²) in [4.78, 5) is 24.3. The quantitative estimate of drug-likeness (QED) is 0.0864. The summed E-state index contributed by atoms with van der Waals surface area (Å²) in [5, 5.41) is 3.23. The van der Waals surface area contributed by atoms with Crippen molar-refractivity contribution in [2.45, 2.75) is 4.30 Å². The molecular formula is C27H16Br3Cl6FeO2S2. The van der Waals surface area contributed by atoms with Crippen molar-refractivity contribution in [3.8, 4) is 0 Å². The summed E-state index contributed by atoms with van der Waals surface area (Å²) >= 11 is 25.3. The maximum absolute atomic E-state index is 12.2. The molecule has 0 saturated carbocycles. The molecule has 6 aromatic rings. The Hall–Kier alpha value is 0.359. The molecule has 2 nitrogen and oxygen atoms in total. The van der Waals surface area contributed by atoms with Crippen molar-refractivity contribution in [1.29, 1.82) is 0 Å². The van der Waals surface area contributed by atoms with E-state index < -0.39 is 15.5 Å². The van der Waals surface area contributed by atoms with Gasteiger partial charge in [0.1, 0.15) is 0 Å². The summed E-state index contributed by atoms with van der Waals surface area (Å²) in [6.45, 7) is 0. The van der Waals surface area contributed by atoms with Crippen LogP contribution in [0.4, 0.5) is 0 Å². The van der Waals surface area contributed by atoms with Crippen molar-refractivity contribution >= 4 is 172 Å². The van der Waals surface area contributed by atoms with Crippen LogP contribution in [0.1, 0.15) is 0 Å². The van der Waals surface area contributed by atoms with E-state index in [1.807, 2.05) is 91.0 Å². The van der Waals surface area contributed by atoms with E-state index in [9.17, 15) is 9.59 Å². The van der Waals surface area contributed by atoms with Gasteiger partial charge in [0, 0.05) is 73.1 Å². The SMILES string of the molecule is BrBr.ClC(Cl)Cl.O=c1c2ccccc2sc2ccc(Br)cc12.O=c1c2ccccc2sc2ccccc12.[Cl][Fe]([Cl])[Cl]. The summed E-state index contributed by atoms with van der Waals surface area (Å²) in [6, 6.07) is 29.1. The number of alkyl halides is 3. The zero-order valence-electron chi connectivity index (χ0n) is 20.1. The molecule has 0 fully saturated rings. The molecule has 2 heterocycles. The van der Waals surface area contributed by atoms with Gasteiger partial charge in [0.15, 0.2) is 15.2 Å². The Bertz CT molecular complexity index is 1770. The summed E-state index contributed by atoms with van der Waals surface area (Å²) in [5.74, 6) is 0. The van der Waals surface area contributed by atoms with Crippen LogP contribution in [0.5, 0.6) is 0 Å². The van der Waals surface area contributed by atoms with Gasteiger partial charge in [-0.15, -0.1) is 22.7 Å². The molecule has 4 aromatic carbocycles. The molecule has 6 rings (SSSR count). The van der Waals surface area contributed by atoms with Gasteiger partial charge in [-0.3, -0.25) is 9.59 Å². The molecule has 41 heavy (non-hydrogen) atoms. The van der Waals surface area contributed by atoms with Gasteiger partial charge in [-0.1, -0.05) is 87.1 Å². The third-order valence-corrected chi connectivity index (χ3v) is 7.82. The van der Waals surface area contributed by atoms with Crippen molar-refractivity contribution in [3.63, 3.8) is 0 Å². The normalized spacial score (nSPS) is 10.4. The van der Waals surface area contributed by atoms with Crippen LogP contribution >= 0.6 is 132 Å². The standard InChI is InChI=1S/C13H7BrOS.C13H8OS.CHCl3.Br2.3ClH.Fe/c14-8-5-6-12-10(7-8)13(15)9-3-1-2-4-11(9)16-12;14-13-9-5-1-3-7-11(9)15-12-8-4-2-6-10(12)13;2-1(3)4;1-2;;;;/h1-7H;1-8H;1H;;3*1H;/q;;;;;;;+3/p-3. The van der Waals surface area contributed by atoms with Crippen LogP contribution in [0.3, 0.4) is 0 Å². The number of rotatable bonds is 0. The van der Waals surface area contributed by atoms with Gasteiger partial charge in [-0.05, 0) is 54.6 Å². The molecule has 0 saturated heterocycles. The molecule has 0 aliphatic rings. The molecule has 0 bridgehead atoms. The van der Waals surface area contributed by atoms with E-state index in [0.717, 1.165) is 44.8 Å². The first-order chi connectivity index (χ1) is 19.6. The summed E-state index contributed by atoms with van der Waals surface area (Å²) in [7, 11) is 14.7. The van der Waals surface area contributed by atoms with Gasteiger partial charge in [-0.25, -0.2) is 0 Å². The predicted octanol–water partition coefficient (Wildman–Crippen LogP) is 13.3. The second-order valence-electron chi connectivity index (χ2n) is 7.39. The molecule has 2 aromatic heterocycles. The topological polar surface area (TPSA) is 34.1 Å². The Morgan fingerprint density at radius 3 is 1.22 bits per heavy atom. The number of halogens is 9. The van der Waals surface area contributed by atoms with Gasteiger partial charge >= 0.3 is 41.5 Å². The molecule has 219 valence electrons. The predicted molar refractivity (Wildman–Crippen MR) is 196 cm³/mol. The monoisotopic (exact) mass is 939 g/mol. The fourth-order valence-corrected chi connectivity index (χ4v) is 6.01. The molecule has 0 aliphatic heterocycles. The zero-order valence-corrected chi connectivity index (χ0v) is 32.2. The van der Waals surface area contributed by atoms with Crippen molar-refractivity contribution in [2.75, 3.05) is 0 Å². The Kier molecular flexibility index (Phi) is 18.0. The Balaban J connectivity index is 0.000000219. The van der Waals surface area contributed by atoms with Gasteiger partial charge in [0.2, 0.25) is 0 Å². The Morgan fingerprint density at radius 2 is 0.854 bits per heavy atom.